The molecule has 22 heavy (non-hydrogen) atoms. The number of para-hydroxylation sites is 1. The van der Waals surface area contributed by atoms with Crippen LogP contribution in [0.3, 0.4) is 0 Å². The zero-order valence-electron chi connectivity index (χ0n) is 11.7. The smallest absolute Gasteiger partial charge is 0.347 e. The number of aromatic amines is 1. The number of H-pyrrole nitrogens is 1. The van der Waals surface area contributed by atoms with Gasteiger partial charge in [0.2, 0.25) is 0 Å². The van der Waals surface area contributed by atoms with Crippen molar-refractivity contribution in [3.8, 4) is 11.3 Å². The van der Waals surface area contributed by atoms with Gasteiger partial charge in [-0.15, -0.1) is 0 Å². The van der Waals surface area contributed by atoms with E-state index in [0.717, 1.165) is 16.5 Å². The summed E-state index contributed by atoms with van der Waals surface area (Å²) in [6.07, 6.45) is 0. The highest BCUT2D eigenvalue weighted by Gasteiger charge is 2.17. The second-order valence-electron chi connectivity index (χ2n) is 5.09. The van der Waals surface area contributed by atoms with E-state index in [1.165, 1.54) is 4.52 Å². The average Bonchev–Trinajstić information content (AvgIpc) is 2.96. The molecule has 2 aromatic heterocycles. The maximum absolute atomic E-state index is 12.3. The first-order valence-corrected chi connectivity index (χ1v) is 6.98. The molecule has 0 aliphatic rings. The molecule has 108 valence electrons. The summed E-state index contributed by atoms with van der Waals surface area (Å²) < 4.78 is 1.33. The number of aromatic nitrogens is 3. The summed E-state index contributed by atoms with van der Waals surface area (Å²) in [6.45, 7) is -0.179. The van der Waals surface area contributed by atoms with Crippen LogP contribution in [0.1, 0.15) is 5.56 Å². The Kier molecular flexibility index (Phi) is 2.80. The van der Waals surface area contributed by atoms with E-state index >= 15 is 0 Å². The van der Waals surface area contributed by atoms with Gasteiger partial charge >= 0.3 is 5.69 Å². The molecule has 2 heterocycles. The van der Waals surface area contributed by atoms with Crippen molar-refractivity contribution in [3.05, 3.63) is 70.6 Å². The fourth-order valence-corrected chi connectivity index (χ4v) is 2.82. The standard InChI is InChI=1S/C17H13N3O2/c21-10-13-15(11-6-2-1-3-7-11)19-20-16(13)12-8-4-5-9-14(12)18-17(20)22/h1-9,21H,10H2,(H,18,22). The lowest BCUT2D eigenvalue weighted by Crippen LogP contribution is -2.17. The van der Waals surface area contributed by atoms with Crippen LogP contribution < -0.4 is 5.69 Å². The Morgan fingerprint density at radius 3 is 2.55 bits per heavy atom. The van der Waals surface area contributed by atoms with Gasteiger partial charge in [0, 0.05) is 16.5 Å². The van der Waals surface area contributed by atoms with E-state index in [4.69, 9.17) is 0 Å². The predicted octanol–water partition coefficient (Wildman–Crippen LogP) is 2.34. The molecule has 0 atom stereocenters. The first-order chi connectivity index (χ1) is 10.8. The molecule has 0 saturated heterocycles. The molecule has 0 bridgehead atoms. The average molecular weight is 291 g/mol. The van der Waals surface area contributed by atoms with Crippen LogP contribution >= 0.6 is 0 Å². The highest BCUT2D eigenvalue weighted by atomic mass is 16.3. The summed E-state index contributed by atoms with van der Waals surface area (Å²) in [7, 11) is 0. The van der Waals surface area contributed by atoms with Crippen molar-refractivity contribution in [2.75, 3.05) is 0 Å². The molecule has 2 aromatic carbocycles. The van der Waals surface area contributed by atoms with Crippen molar-refractivity contribution in [1.82, 2.24) is 14.6 Å². The molecule has 0 unspecified atom stereocenters. The van der Waals surface area contributed by atoms with Crippen molar-refractivity contribution in [2.45, 2.75) is 6.61 Å². The summed E-state index contributed by atoms with van der Waals surface area (Å²) >= 11 is 0. The van der Waals surface area contributed by atoms with Crippen LogP contribution in [0.15, 0.2) is 59.4 Å². The van der Waals surface area contributed by atoms with Crippen molar-refractivity contribution < 1.29 is 5.11 Å². The number of fused-ring (bicyclic) bond motifs is 3. The number of aliphatic hydroxyl groups excluding tert-OH is 1. The number of rotatable bonds is 2. The first-order valence-electron chi connectivity index (χ1n) is 6.98. The molecule has 0 saturated carbocycles. The molecule has 0 aliphatic heterocycles. The fraction of sp³-hybridized carbons (Fsp3) is 0.0588. The molecule has 5 heteroatoms. The number of aliphatic hydroxyl groups is 1. The zero-order valence-corrected chi connectivity index (χ0v) is 11.7. The van der Waals surface area contributed by atoms with Gasteiger partial charge in [-0.3, -0.25) is 0 Å². The van der Waals surface area contributed by atoms with Gasteiger partial charge in [0.1, 0.15) is 0 Å². The van der Waals surface area contributed by atoms with E-state index in [2.05, 4.69) is 10.1 Å². The zero-order chi connectivity index (χ0) is 15.1. The Bertz CT molecular complexity index is 1030. The van der Waals surface area contributed by atoms with Crippen molar-refractivity contribution >= 4 is 16.4 Å². The predicted molar refractivity (Wildman–Crippen MR) is 84.7 cm³/mol. The molecule has 0 spiro atoms. The quantitative estimate of drug-likeness (QED) is 0.595. The van der Waals surface area contributed by atoms with E-state index in [1.807, 2.05) is 54.6 Å². The first kappa shape index (κ1) is 12.8. The van der Waals surface area contributed by atoms with E-state index in [0.29, 0.717) is 16.8 Å². The van der Waals surface area contributed by atoms with E-state index in [1.54, 1.807) is 0 Å². The fourth-order valence-electron chi connectivity index (χ4n) is 2.82. The van der Waals surface area contributed by atoms with Crippen LogP contribution in [-0.2, 0) is 6.61 Å². The van der Waals surface area contributed by atoms with Gasteiger partial charge in [0.05, 0.1) is 23.3 Å². The monoisotopic (exact) mass is 291 g/mol. The van der Waals surface area contributed by atoms with Crippen molar-refractivity contribution in [2.24, 2.45) is 0 Å². The molecule has 0 aliphatic carbocycles. The van der Waals surface area contributed by atoms with E-state index < -0.39 is 0 Å². The molecule has 0 radical (unpaired) electrons. The number of nitrogens with one attached hydrogen (secondary N) is 1. The van der Waals surface area contributed by atoms with Crippen molar-refractivity contribution in [1.29, 1.82) is 0 Å². The third kappa shape index (κ3) is 1.76. The van der Waals surface area contributed by atoms with Crippen LogP contribution in [0, 0.1) is 0 Å². The molecule has 0 fully saturated rings. The Morgan fingerprint density at radius 2 is 1.77 bits per heavy atom. The molecular formula is C17H13N3O2. The largest absolute Gasteiger partial charge is 0.392 e. The lowest BCUT2D eigenvalue weighted by atomic mass is 10.1. The number of nitrogens with zero attached hydrogens (tertiary/aromatic N) is 2. The molecule has 0 amide bonds. The van der Waals surface area contributed by atoms with E-state index in [-0.39, 0.29) is 12.3 Å². The molecule has 4 aromatic rings. The van der Waals surface area contributed by atoms with Gasteiger partial charge in [-0.1, -0.05) is 48.5 Å². The Hall–Kier alpha value is -2.92. The van der Waals surface area contributed by atoms with Crippen LogP contribution in [0.4, 0.5) is 0 Å². The number of hydrogen-bond acceptors (Lipinski definition) is 3. The van der Waals surface area contributed by atoms with Crippen LogP contribution in [0.5, 0.6) is 0 Å². The summed E-state index contributed by atoms with van der Waals surface area (Å²) in [5.41, 5.74) is 3.23. The van der Waals surface area contributed by atoms with Gasteiger partial charge in [0.15, 0.2) is 0 Å². The normalized spacial score (nSPS) is 11.3. The highest BCUT2D eigenvalue weighted by Crippen LogP contribution is 2.28. The molecular weight excluding hydrogens is 278 g/mol. The SMILES string of the molecule is O=c1[nH]c2ccccc2c2c(CO)c(-c3ccccc3)nn12. The number of benzene rings is 2. The van der Waals surface area contributed by atoms with Gasteiger partial charge in [-0.25, -0.2) is 4.79 Å². The van der Waals surface area contributed by atoms with E-state index in [9.17, 15) is 9.90 Å². The van der Waals surface area contributed by atoms with Gasteiger partial charge in [0.25, 0.3) is 0 Å². The van der Waals surface area contributed by atoms with Crippen LogP contribution in [0.2, 0.25) is 0 Å². The minimum absolute atomic E-state index is 0.179. The second-order valence-corrected chi connectivity index (χ2v) is 5.09. The highest BCUT2D eigenvalue weighted by molar-refractivity contribution is 5.96. The third-order valence-electron chi connectivity index (χ3n) is 3.80. The summed E-state index contributed by atoms with van der Waals surface area (Å²) in [5, 5.41) is 15.1. The lowest BCUT2D eigenvalue weighted by Gasteiger charge is -2.02. The molecule has 4 rings (SSSR count). The van der Waals surface area contributed by atoms with Crippen LogP contribution in [0.25, 0.3) is 27.7 Å². The Morgan fingerprint density at radius 1 is 1.05 bits per heavy atom. The summed E-state index contributed by atoms with van der Waals surface area (Å²) in [6, 6.07) is 17.1. The lowest BCUT2D eigenvalue weighted by molar-refractivity contribution is 0.284. The Labute approximate surface area is 125 Å². The summed E-state index contributed by atoms with van der Waals surface area (Å²) in [5.74, 6) is 0. The topological polar surface area (TPSA) is 70.4 Å². The maximum atomic E-state index is 12.3. The van der Waals surface area contributed by atoms with Gasteiger partial charge < -0.3 is 10.1 Å². The summed E-state index contributed by atoms with van der Waals surface area (Å²) in [4.78, 5) is 15.1. The Balaban J connectivity index is 2.20. The van der Waals surface area contributed by atoms with Gasteiger partial charge in [-0.05, 0) is 6.07 Å². The molecule has 2 N–H and O–H groups in total. The minimum atomic E-state index is -0.314. The second kappa shape index (κ2) is 4.82. The minimum Gasteiger partial charge on any atom is -0.392 e. The van der Waals surface area contributed by atoms with Crippen molar-refractivity contribution in [3.63, 3.8) is 0 Å². The third-order valence-corrected chi connectivity index (χ3v) is 3.80. The maximum Gasteiger partial charge on any atom is 0.347 e. The van der Waals surface area contributed by atoms with Crippen LogP contribution in [-0.4, -0.2) is 19.7 Å². The number of hydrogen-bond donors (Lipinski definition) is 2. The van der Waals surface area contributed by atoms with Gasteiger partial charge in [-0.2, -0.15) is 9.61 Å². The molecule has 5 nitrogen and oxygen atoms in total.